The highest BCUT2D eigenvalue weighted by Gasteiger charge is 2.17. The van der Waals surface area contributed by atoms with Crippen LogP contribution in [0.25, 0.3) is 10.8 Å². The van der Waals surface area contributed by atoms with Crippen molar-refractivity contribution in [2.45, 2.75) is 13.3 Å². The lowest BCUT2D eigenvalue weighted by atomic mass is 10.5. The van der Waals surface area contributed by atoms with Crippen LogP contribution in [-0.4, -0.2) is 15.2 Å². The standard InChI is InChI=1S/C7H5F2N3OS/c1-3-10-2-4(14-3)6-11-12-7(13-6)5(8)9/h2,5H,1H3. The molecule has 0 fully saturated rings. The monoisotopic (exact) mass is 217 g/mol. The van der Waals surface area contributed by atoms with E-state index in [1.165, 1.54) is 17.5 Å². The van der Waals surface area contributed by atoms with Crippen LogP contribution < -0.4 is 0 Å². The van der Waals surface area contributed by atoms with Gasteiger partial charge in [-0.3, -0.25) is 0 Å². The zero-order chi connectivity index (χ0) is 10.1. The molecule has 2 rings (SSSR count). The molecule has 2 aromatic rings. The summed E-state index contributed by atoms with van der Waals surface area (Å²) in [6.07, 6.45) is -1.21. The van der Waals surface area contributed by atoms with Gasteiger partial charge >= 0.3 is 6.43 Å². The first-order valence-electron chi connectivity index (χ1n) is 3.71. The topological polar surface area (TPSA) is 51.8 Å². The third-order valence-corrected chi connectivity index (χ3v) is 2.36. The number of thiazole rings is 1. The van der Waals surface area contributed by atoms with Crippen molar-refractivity contribution in [3.05, 3.63) is 17.1 Å². The fraction of sp³-hybridized carbons (Fsp3) is 0.286. The highest BCUT2D eigenvalue weighted by atomic mass is 32.1. The molecule has 0 aliphatic rings. The van der Waals surface area contributed by atoms with Crippen molar-refractivity contribution in [3.63, 3.8) is 0 Å². The Hall–Kier alpha value is -1.37. The van der Waals surface area contributed by atoms with E-state index in [1.807, 2.05) is 0 Å². The smallest absolute Gasteiger partial charge is 0.314 e. The van der Waals surface area contributed by atoms with Crippen molar-refractivity contribution in [3.8, 4) is 10.8 Å². The minimum Gasteiger partial charge on any atom is -0.414 e. The van der Waals surface area contributed by atoms with Gasteiger partial charge in [0.15, 0.2) is 0 Å². The molecule has 0 spiro atoms. The van der Waals surface area contributed by atoms with Gasteiger partial charge in [0.25, 0.3) is 11.8 Å². The number of aromatic nitrogens is 3. The van der Waals surface area contributed by atoms with Gasteiger partial charge in [-0.15, -0.1) is 21.5 Å². The van der Waals surface area contributed by atoms with Crippen LogP contribution in [0, 0.1) is 6.92 Å². The number of hydrogen-bond donors (Lipinski definition) is 0. The number of hydrogen-bond acceptors (Lipinski definition) is 5. The molecule has 0 unspecified atom stereocenters. The Bertz CT molecular complexity index is 440. The van der Waals surface area contributed by atoms with E-state index >= 15 is 0 Å². The third-order valence-electron chi connectivity index (χ3n) is 1.46. The molecule has 0 atom stereocenters. The molecule has 0 N–H and O–H groups in total. The van der Waals surface area contributed by atoms with Gasteiger partial charge in [0.1, 0.15) is 4.88 Å². The molecule has 0 bridgehead atoms. The predicted molar refractivity (Wildman–Crippen MR) is 45.1 cm³/mol. The zero-order valence-corrected chi connectivity index (χ0v) is 7.89. The molecule has 0 amide bonds. The predicted octanol–water partition coefficient (Wildman–Crippen LogP) is 2.44. The molecule has 74 valence electrons. The molecule has 7 heteroatoms. The average Bonchev–Trinajstić information content (AvgIpc) is 2.70. The SMILES string of the molecule is Cc1ncc(-c2nnc(C(F)F)o2)s1. The van der Waals surface area contributed by atoms with Gasteiger partial charge in [0, 0.05) is 0 Å². The van der Waals surface area contributed by atoms with Crippen molar-refractivity contribution >= 4 is 11.3 Å². The summed E-state index contributed by atoms with van der Waals surface area (Å²) in [5.41, 5.74) is 0. The molecule has 14 heavy (non-hydrogen) atoms. The first-order valence-corrected chi connectivity index (χ1v) is 4.53. The molecule has 0 aromatic carbocycles. The molecule has 0 saturated carbocycles. The van der Waals surface area contributed by atoms with E-state index in [1.54, 1.807) is 6.92 Å². The molecule has 4 nitrogen and oxygen atoms in total. The number of halogens is 2. The maximum atomic E-state index is 12.1. The summed E-state index contributed by atoms with van der Waals surface area (Å²) in [6, 6.07) is 0. The summed E-state index contributed by atoms with van der Waals surface area (Å²) in [7, 11) is 0. The Kier molecular flexibility index (Phi) is 2.24. The average molecular weight is 217 g/mol. The van der Waals surface area contributed by atoms with E-state index < -0.39 is 12.3 Å². The van der Waals surface area contributed by atoms with Crippen molar-refractivity contribution in [2.75, 3.05) is 0 Å². The van der Waals surface area contributed by atoms with E-state index in [9.17, 15) is 8.78 Å². The summed E-state index contributed by atoms with van der Waals surface area (Å²) < 4.78 is 28.9. The van der Waals surface area contributed by atoms with E-state index in [0.717, 1.165) is 5.01 Å². The maximum absolute atomic E-state index is 12.1. The van der Waals surface area contributed by atoms with Crippen LogP contribution in [0.2, 0.25) is 0 Å². The third kappa shape index (κ3) is 1.63. The van der Waals surface area contributed by atoms with Gasteiger partial charge in [0.2, 0.25) is 0 Å². The fourth-order valence-corrected chi connectivity index (χ4v) is 1.58. The quantitative estimate of drug-likeness (QED) is 0.775. The lowest BCUT2D eigenvalue weighted by Crippen LogP contribution is -1.81. The van der Waals surface area contributed by atoms with Crippen LogP contribution in [-0.2, 0) is 0 Å². The Morgan fingerprint density at radius 2 is 2.21 bits per heavy atom. The summed E-state index contributed by atoms with van der Waals surface area (Å²) >= 11 is 1.31. The van der Waals surface area contributed by atoms with Crippen molar-refractivity contribution in [2.24, 2.45) is 0 Å². The van der Waals surface area contributed by atoms with Gasteiger partial charge in [0.05, 0.1) is 11.2 Å². The minimum absolute atomic E-state index is 0.0888. The normalized spacial score (nSPS) is 11.1. The molecular formula is C7H5F2N3OS. The van der Waals surface area contributed by atoms with Gasteiger partial charge in [-0.2, -0.15) is 8.78 Å². The number of alkyl halides is 2. The van der Waals surface area contributed by atoms with Crippen LogP contribution in [0.1, 0.15) is 17.3 Å². The van der Waals surface area contributed by atoms with Crippen molar-refractivity contribution < 1.29 is 13.2 Å². The maximum Gasteiger partial charge on any atom is 0.314 e. The fourth-order valence-electron chi connectivity index (χ4n) is 0.883. The van der Waals surface area contributed by atoms with Crippen LogP contribution >= 0.6 is 11.3 Å². The molecule has 0 saturated heterocycles. The second-order valence-electron chi connectivity index (χ2n) is 2.49. The molecule has 0 radical (unpaired) electrons. The second kappa shape index (κ2) is 3.41. The summed E-state index contributed by atoms with van der Waals surface area (Å²) in [6.45, 7) is 1.80. The number of nitrogens with zero attached hydrogens (tertiary/aromatic N) is 3. The van der Waals surface area contributed by atoms with Crippen molar-refractivity contribution in [1.82, 2.24) is 15.2 Å². The summed E-state index contributed by atoms with van der Waals surface area (Å²) in [5, 5.41) is 7.52. The van der Waals surface area contributed by atoms with E-state index in [-0.39, 0.29) is 5.89 Å². The Labute approximate surface area is 81.6 Å². The molecule has 2 aromatic heterocycles. The molecular weight excluding hydrogens is 212 g/mol. The van der Waals surface area contributed by atoms with Crippen LogP contribution in [0.3, 0.4) is 0 Å². The largest absolute Gasteiger partial charge is 0.414 e. The Morgan fingerprint density at radius 3 is 2.71 bits per heavy atom. The lowest BCUT2D eigenvalue weighted by molar-refractivity contribution is 0.116. The molecule has 2 heterocycles. The molecule has 0 aliphatic carbocycles. The summed E-state index contributed by atoms with van der Waals surface area (Å²) in [5.74, 6) is -0.572. The minimum atomic E-state index is -2.73. The number of rotatable bonds is 2. The van der Waals surface area contributed by atoms with E-state index in [4.69, 9.17) is 4.42 Å². The molecule has 0 aliphatic heterocycles. The van der Waals surface area contributed by atoms with Gasteiger partial charge in [-0.25, -0.2) is 4.98 Å². The first-order chi connectivity index (χ1) is 6.66. The van der Waals surface area contributed by atoms with E-state index in [2.05, 4.69) is 15.2 Å². The highest BCUT2D eigenvalue weighted by molar-refractivity contribution is 7.14. The van der Waals surface area contributed by atoms with Crippen LogP contribution in [0.15, 0.2) is 10.6 Å². The lowest BCUT2D eigenvalue weighted by Gasteiger charge is -1.87. The second-order valence-corrected chi connectivity index (χ2v) is 3.72. The Balaban J connectivity index is 2.33. The van der Waals surface area contributed by atoms with E-state index in [0.29, 0.717) is 4.88 Å². The Morgan fingerprint density at radius 1 is 1.43 bits per heavy atom. The van der Waals surface area contributed by atoms with Gasteiger partial charge in [-0.1, -0.05) is 0 Å². The number of aryl methyl sites for hydroxylation is 1. The van der Waals surface area contributed by atoms with Gasteiger partial charge < -0.3 is 4.42 Å². The van der Waals surface area contributed by atoms with Gasteiger partial charge in [-0.05, 0) is 6.92 Å². The highest BCUT2D eigenvalue weighted by Crippen LogP contribution is 2.26. The van der Waals surface area contributed by atoms with Crippen LogP contribution in [0.4, 0.5) is 8.78 Å². The van der Waals surface area contributed by atoms with Crippen LogP contribution in [0.5, 0.6) is 0 Å². The van der Waals surface area contributed by atoms with Crippen molar-refractivity contribution in [1.29, 1.82) is 0 Å². The zero-order valence-electron chi connectivity index (χ0n) is 7.07. The first kappa shape index (κ1) is 9.20. The summed E-state index contributed by atoms with van der Waals surface area (Å²) in [4.78, 5) is 4.55.